The van der Waals surface area contributed by atoms with Gasteiger partial charge in [0.2, 0.25) is 0 Å². The summed E-state index contributed by atoms with van der Waals surface area (Å²) >= 11 is 0. The highest BCUT2D eigenvalue weighted by molar-refractivity contribution is 5.72. The summed E-state index contributed by atoms with van der Waals surface area (Å²) in [5.74, 6) is -1.46. The van der Waals surface area contributed by atoms with Crippen LogP contribution < -0.4 is 0 Å². The van der Waals surface area contributed by atoms with Crippen LogP contribution in [-0.2, 0) is 4.79 Å². The predicted molar refractivity (Wildman–Crippen MR) is 42.2 cm³/mol. The molecule has 0 aliphatic rings. The first-order valence-corrected chi connectivity index (χ1v) is 3.54. The number of carboxylic acid groups (broad SMARTS) is 1. The van der Waals surface area contributed by atoms with Crippen molar-refractivity contribution in [3.8, 4) is 0 Å². The number of hydrogen-bond acceptors (Lipinski definition) is 2. The third kappa shape index (κ3) is 2.72. The fourth-order valence-corrected chi connectivity index (χ4v) is 0.930. The van der Waals surface area contributed by atoms with E-state index in [2.05, 4.69) is 6.58 Å². The second-order valence-electron chi connectivity index (χ2n) is 2.84. The van der Waals surface area contributed by atoms with Gasteiger partial charge in [0.15, 0.2) is 6.10 Å². The van der Waals surface area contributed by atoms with Crippen molar-refractivity contribution in [1.29, 1.82) is 0 Å². The van der Waals surface area contributed by atoms with E-state index in [1.165, 1.54) is 6.08 Å². The molecule has 0 aromatic heterocycles. The zero-order valence-corrected chi connectivity index (χ0v) is 6.82. The molecule has 64 valence electrons. The molecule has 0 saturated carbocycles. The molecule has 0 fully saturated rings. The third-order valence-corrected chi connectivity index (χ3v) is 1.66. The summed E-state index contributed by atoms with van der Waals surface area (Å²) in [6.45, 7) is 7.15. The van der Waals surface area contributed by atoms with Crippen LogP contribution in [0.5, 0.6) is 0 Å². The number of hydrogen-bond donors (Lipinski definition) is 2. The van der Waals surface area contributed by atoms with E-state index >= 15 is 0 Å². The SMILES string of the molecule is C=CC(C(C)C)C(O)C(=O)O. The zero-order chi connectivity index (χ0) is 9.02. The first-order valence-electron chi connectivity index (χ1n) is 3.54. The molecule has 11 heavy (non-hydrogen) atoms. The number of aliphatic hydroxyl groups excluding tert-OH is 1. The molecule has 3 heteroatoms. The van der Waals surface area contributed by atoms with E-state index in [-0.39, 0.29) is 11.8 Å². The van der Waals surface area contributed by atoms with Crippen LogP contribution >= 0.6 is 0 Å². The quantitative estimate of drug-likeness (QED) is 0.597. The summed E-state index contributed by atoms with van der Waals surface area (Å²) in [6, 6.07) is 0. The van der Waals surface area contributed by atoms with Crippen LogP contribution in [0.25, 0.3) is 0 Å². The van der Waals surface area contributed by atoms with E-state index in [0.717, 1.165) is 0 Å². The molecule has 2 N–H and O–H groups in total. The Morgan fingerprint density at radius 2 is 2.00 bits per heavy atom. The van der Waals surface area contributed by atoms with Crippen molar-refractivity contribution < 1.29 is 15.0 Å². The van der Waals surface area contributed by atoms with Crippen LogP contribution in [-0.4, -0.2) is 22.3 Å². The Morgan fingerprint density at radius 3 is 2.09 bits per heavy atom. The summed E-state index contributed by atoms with van der Waals surface area (Å²) in [6.07, 6.45) is 0.149. The van der Waals surface area contributed by atoms with Gasteiger partial charge in [-0.2, -0.15) is 0 Å². The lowest BCUT2D eigenvalue weighted by Crippen LogP contribution is -2.31. The molecule has 2 atom stereocenters. The Morgan fingerprint density at radius 1 is 1.55 bits per heavy atom. The lowest BCUT2D eigenvalue weighted by Gasteiger charge is -2.19. The Balaban J connectivity index is 4.25. The Kier molecular flexibility index (Phi) is 3.82. The first kappa shape index (κ1) is 10.2. The van der Waals surface area contributed by atoms with Crippen LogP contribution in [0, 0.1) is 11.8 Å². The second kappa shape index (κ2) is 4.13. The minimum atomic E-state index is -1.33. The summed E-state index contributed by atoms with van der Waals surface area (Å²) in [5.41, 5.74) is 0. The average Bonchev–Trinajstić information content (AvgIpc) is 1.88. The van der Waals surface area contributed by atoms with Crippen molar-refractivity contribution in [2.75, 3.05) is 0 Å². The van der Waals surface area contributed by atoms with Gasteiger partial charge in [-0.1, -0.05) is 19.9 Å². The van der Waals surface area contributed by atoms with Gasteiger partial charge in [-0.25, -0.2) is 4.79 Å². The van der Waals surface area contributed by atoms with E-state index in [9.17, 15) is 4.79 Å². The Hall–Kier alpha value is -0.830. The van der Waals surface area contributed by atoms with Gasteiger partial charge in [-0.15, -0.1) is 6.58 Å². The number of aliphatic carboxylic acids is 1. The number of carbonyl (C=O) groups is 1. The van der Waals surface area contributed by atoms with Gasteiger partial charge >= 0.3 is 5.97 Å². The van der Waals surface area contributed by atoms with Crippen LogP contribution in [0.15, 0.2) is 12.7 Å². The summed E-state index contributed by atoms with van der Waals surface area (Å²) < 4.78 is 0. The molecule has 0 aliphatic heterocycles. The molecule has 0 spiro atoms. The molecule has 0 rings (SSSR count). The van der Waals surface area contributed by atoms with Crippen molar-refractivity contribution in [2.45, 2.75) is 20.0 Å². The molecule has 0 bridgehead atoms. The van der Waals surface area contributed by atoms with Gasteiger partial charge in [-0.3, -0.25) is 0 Å². The monoisotopic (exact) mass is 158 g/mol. The summed E-state index contributed by atoms with van der Waals surface area (Å²) in [4.78, 5) is 10.3. The van der Waals surface area contributed by atoms with Crippen LogP contribution in [0.1, 0.15) is 13.8 Å². The van der Waals surface area contributed by atoms with Gasteiger partial charge in [-0.05, 0) is 5.92 Å². The van der Waals surface area contributed by atoms with E-state index in [1.807, 2.05) is 13.8 Å². The minimum Gasteiger partial charge on any atom is -0.479 e. The maximum atomic E-state index is 10.3. The minimum absolute atomic E-state index is 0.0959. The van der Waals surface area contributed by atoms with Crippen molar-refractivity contribution >= 4 is 5.97 Å². The smallest absolute Gasteiger partial charge is 0.333 e. The van der Waals surface area contributed by atoms with Gasteiger partial charge in [0, 0.05) is 5.92 Å². The van der Waals surface area contributed by atoms with Crippen molar-refractivity contribution in [3.05, 3.63) is 12.7 Å². The Bertz CT molecular complexity index is 151. The van der Waals surface area contributed by atoms with E-state index in [4.69, 9.17) is 10.2 Å². The standard InChI is InChI=1S/C8H14O3/c1-4-6(5(2)3)7(9)8(10)11/h4-7,9H,1H2,2-3H3,(H,10,11). The Labute approximate surface area is 66.4 Å². The molecule has 2 unspecified atom stereocenters. The van der Waals surface area contributed by atoms with Gasteiger partial charge in [0.25, 0.3) is 0 Å². The largest absolute Gasteiger partial charge is 0.479 e. The summed E-state index contributed by atoms with van der Waals surface area (Å²) in [5, 5.41) is 17.5. The van der Waals surface area contributed by atoms with E-state index < -0.39 is 12.1 Å². The lowest BCUT2D eigenvalue weighted by molar-refractivity contribution is -0.149. The van der Waals surface area contributed by atoms with Gasteiger partial charge in [0.05, 0.1) is 0 Å². The number of rotatable bonds is 4. The zero-order valence-electron chi connectivity index (χ0n) is 6.82. The molecule has 0 heterocycles. The molecule has 0 radical (unpaired) electrons. The molecule has 3 nitrogen and oxygen atoms in total. The first-order chi connectivity index (χ1) is 5.00. The average molecular weight is 158 g/mol. The van der Waals surface area contributed by atoms with Crippen LogP contribution in [0.2, 0.25) is 0 Å². The van der Waals surface area contributed by atoms with Gasteiger partial charge in [0.1, 0.15) is 0 Å². The molecule has 0 aromatic carbocycles. The van der Waals surface area contributed by atoms with Crippen molar-refractivity contribution in [2.24, 2.45) is 11.8 Å². The second-order valence-corrected chi connectivity index (χ2v) is 2.84. The topological polar surface area (TPSA) is 57.5 Å². The lowest BCUT2D eigenvalue weighted by atomic mass is 9.90. The molecular weight excluding hydrogens is 144 g/mol. The number of carboxylic acids is 1. The third-order valence-electron chi connectivity index (χ3n) is 1.66. The predicted octanol–water partition coefficient (Wildman–Crippen LogP) is 0.890. The fourth-order valence-electron chi connectivity index (χ4n) is 0.930. The maximum Gasteiger partial charge on any atom is 0.333 e. The van der Waals surface area contributed by atoms with Crippen molar-refractivity contribution in [3.63, 3.8) is 0 Å². The molecule has 0 aliphatic carbocycles. The van der Waals surface area contributed by atoms with Gasteiger partial charge < -0.3 is 10.2 Å². The van der Waals surface area contributed by atoms with Crippen LogP contribution in [0.4, 0.5) is 0 Å². The highest BCUT2D eigenvalue weighted by atomic mass is 16.4. The summed E-state index contributed by atoms with van der Waals surface area (Å²) in [7, 11) is 0. The normalized spacial score (nSPS) is 16.0. The molecule has 0 saturated heterocycles. The molecular formula is C8H14O3. The number of aliphatic hydroxyl groups is 1. The maximum absolute atomic E-state index is 10.3. The van der Waals surface area contributed by atoms with Crippen molar-refractivity contribution in [1.82, 2.24) is 0 Å². The molecule has 0 aromatic rings. The van der Waals surface area contributed by atoms with Crippen LogP contribution in [0.3, 0.4) is 0 Å². The molecule has 0 amide bonds. The van der Waals surface area contributed by atoms with E-state index in [1.54, 1.807) is 0 Å². The van der Waals surface area contributed by atoms with E-state index in [0.29, 0.717) is 0 Å². The fraction of sp³-hybridized carbons (Fsp3) is 0.625. The highest BCUT2D eigenvalue weighted by Gasteiger charge is 2.25. The highest BCUT2D eigenvalue weighted by Crippen LogP contribution is 2.16.